The number of hydrogen-bond acceptors (Lipinski definition) is 4. The Bertz CT molecular complexity index is 273. The molecule has 1 aliphatic rings. The number of amides is 1. The Morgan fingerprint density at radius 2 is 1.82 bits per heavy atom. The first-order valence-corrected chi connectivity index (χ1v) is 6.19. The number of Topliss-reactive ketones (excluding diaryl/α,β-unsaturated/α-hetero) is 1. The van der Waals surface area contributed by atoms with Crippen LogP contribution >= 0.6 is 0 Å². The lowest BCUT2D eigenvalue weighted by Crippen LogP contribution is -2.51. The maximum Gasteiger partial charge on any atom is 0.409 e. The first kappa shape index (κ1) is 14.0. The van der Waals surface area contributed by atoms with Crippen molar-refractivity contribution < 1.29 is 14.3 Å². The van der Waals surface area contributed by atoms with Gasteiger partial charge in [-0.1, -0.05) is 0 Å². The Labute approximate surface area is 103 Å². The Kier molecular flexibility index (Phi) is 5.41. The van der Waals surface area contributed by atoms with Gasteiger partial charge in [0.25, 0.3) is 0 Å². The number of rotatable bonds is 4. The fraction of sp³-hybridized carbons (Fsp3) is 0.833. The van der Waals surface area contributed by atoms with Crippen LogP contribution in [-0.4, -0.2) is 60.5 Å². The Balaban J connectivity index is 2.34. The van der Waals surface area contributed by atoms with Gasteiger partial charge in [-0.15, -0.1) is 0 Å². The van der Waals surface area contributed by atoms with Gasteiger partial charge in [-0.05, 0) is 20.8 Å². The predicted molar refractivity (Wildman–Crippen MR) is 64.9 cm³/mol. The van der Waals surface area contributed by atoms with Gasteiger partial charge < -0.3 is 9.64 Å². The zero-order chi connectivity index (χ0) is 12.8. The summed E-state index contributed by atoms with van der Waals surface area (Å²) in [6, 6.07) is 0.261. The molecule has 1 saturated heterocycles. The van der Waals surface area contributed by atoms with E-state index in [4.69, 9.17) is 4.74 Å². The van der Waals surface area contributed by atoms with E-state index in [-0.39, 0.29) is 17.9 Å². The third kappa shape index (κ3) is 4.34. The van der Waals surface area contributed by atoms with E-state index in [2.05, 4.69) is 11.8 Å². The molecule has 5 heteroatoms. The summed E-state index contributed by atoms with van der Waals surface area (Å²) in [6.45, 7) is 8.89. The van der Waals surface area contributed by atoms with Crippen molar-refractivity contribution in [1.29, 1.82) is 0 Å². The summed E-state index contributed by atoms with van der Waals surface area (Å²) in [6.07, 6.45) is 0.353. The standard InChI is InChI=1S/C12H22N2O3/c1-4-17-12(16)14-7-5-13(6-8-14)10(2)9-11(3)15/h10H,4-9H2,1-3H3. The molecular weight excluding hydrogens is 220 g/mol. The van der Waals surface area contributed by atoms with E-state index in [0.717, 1.165) is 13.1 Å². The van der Waals surface area contributed by atoms with Crippen molar-refractivity contribution in [2.75, 3.05) is 32.8 Å². The first-order chi connectivity index (χ1) is 8.04. The molecule has 5 nitrogen and oxygen atoms in total. The highest BCUT2D eigenvalue weighted by Gasteiger charge is 2.24. The number of piperazine rings is 1. The van der Waals surface area contributed by atoms with Gasteiger partial charge in [-0.2, -0.15) is 0 Å². The number of carbonyl (C=O) groups is 2. The molecule has 98 valence electrons. The van der Waals surface area contributed by atoms with Crippen molar-refractivity contribution in [3.05, 3.63) is 0 Å². The summed E-state index contributed by atoms with van der Waals surface area (Å²) < 4.78 is 4.96. The Hall–Kier alpha value is -1.10. The number of ketones is 1. The summed E-state index contributed by atoms with van der Waals surface area (Å²) in [4.78, 5) is 26.5. The van der Waals surface area contributed by atoms with Crippen molar-refractivity contribution in [3.8, 4) is 0 Å². The van der Waals surface area contributed by atoms with Crippen LogP contribution in [0, 0.1) is 0 Å². The van der Waals surface area contributed by atoms with Gasteiger partial charge in [0.05, 0.1) is 6.61 Å². The lowest BCUT2D eigenvalue weighted by molar-refractivity contribution is -0.118. The molecule has 0 bridgehead atoms. The van der Waals surface area contributed by atoms with E-state index < -0.39 is 0 Å². The minimum Gasteiger partial charge on any atom is -0.450 e. The van der Waals surface area contributed by atoms with E-state index in [1.807, 2.05) is 6.92 Å². The van der Waals surface area contributed by atoms with Crippen molar-refractivity contribution in [2.24, 2.45) is 0 Å². The van der Waals surface area contributed by atoms with Gasteiger partial charge in [0.2, 0.25) is 0 Å². The SMILES string of the molecule is CCOC(=O)N1CCN(C(C)CC(C)=O)CC1. The Morgan fingerprint density at radius 3 is 2.29 bits per heavy atom. The topological polar surface area (TPSA) is 49.9 Å². The summed E-state index contributed by atoms with van der Waals surface area (Å²) in [5.41, 5.74) is 0. The quantitative estimate of drug-likeness (QED) is 0.741. The van der Waals surface area contributed by atoms with Gasteiger partial charge >= 0.3 is 6.09 Å². The number of carbonyl (C=O) groups excluding carboxylic acids is 2. The van der Waals surface area contributed by atoms with Crippen LogP contribution in [-0.2, 0) is 9.53 Å². The zero-order valence-corrected chi connectivity index (χ0v) is 10.9. The van der Waals surface area contributed by atoms with Crippen molar-refractivity contribution in [2.45, 2.75) is 33.2 Å². The third-order valence-electron chi connectivity index (χ3n) is 3.05. The maximum atomic E-state index is 11.5. The number of hydrogen-bond donors (Lipinski definition) is 0. The van der Waals surface area contributed by atoms with Crippen LogP contribution in [0.15, 0.2) is 0 Å². The van der Waals surface area contributed by atoms with Crippen LogP contribution < -0.4 is 0 Å². The number of ether oxygens (including phenoxy) is 1. The van der Waals surface area contributed by atoms with Gasteiger partial charge in [0, 0.05) is 38.6 Å². The lowest BCUT2D eigenvalue weighted by Gasteiger charge is -2.37. The summed E-state index contributed by atoms with van der Waals surface area (Å²) in [5, 5.41) is 0. The second-order valence-electron chi connectivity index (χ2n) is 4.48. The van der Waals surface area contributed by atoms with E-state index in [1.165, 1.54) is 0 Å². The van der Waals surface area contributed by atoms with Crippen LogP contribution in [0.2, 0.25) is 0 Å². The molecule has 0 aromatic heterocycles. The minimum atomic E-state index is -0.230. The zero-order valence-electron chi connectivity index (χ0n) is 10.9. The molecular formula is C12H22N2O3. The van der Waals surface area contributed by atoms with E-state index in [0.29, 0.717) is 26.1 Å². The smallest absolute Gasteiger partial charge is 0.409 e. The predicted octanol–water partition coefficient (Wildman–Crippen LogP) is 1.13. The van der Waals surface area contributed by atoms with Gasteiger partial charge in [0.15, 0.2) is 0 Å². The summed E-state index contributed by atoms with van der Waals surface area (Å²) >= 11 is 0. The average Bonchev–Trinajstić information content (AvgIpc) is 2.28. The van der Waals surface area contributed by atoms with Crippen LogP contribution in [0.1, 0.15) is 27.2 Å². The van der Waals surface area contributed by atoms with Gasteiger partial charge in [0.1, 0.15) is 5.78 Å². The molecule has 0 aliphatic carbocycles. The largest absolute Gasteiger partial charge is 0.450 e. The fourth-order valence-electron chi connectivity index (χ4n) is 2.11. The van der Waals surface area contributed by atoms with Gasteiger partial charge in [-0.3, -0.25) is 9.69 Å². The average molecular weight is 242 g/mol. The molecule has 17 heavy (non-hydrogen) atoms. The van der Waals surface area contributed by atoms with E-state index >= 15 is 0 Å². The normalized spacial score (nSPS) is 18.9. The molecule has 1 aliphatic heterocycles. The highest BCUT2D eigenvalue weighted by Crippen LogP contribution is 2.10. The second kappa shape index (κ2) is 6.59. The van der Waals surface area contributed by atoms with Crippen molar-refractivity contribution >= 4 is 11.9 Å². The molecule has 0 saturated carbocycles. The summed E-state index contributed by atoms with van der Waals surface area (Å²) in [5.74, 6) is 0.213. The molecule has 1 atom stereocenters. The van der Waals surface area contributed by atoms with Gasteiger partial charge in [-0.25, -0.2) is 4.79 Å². The molecule has 0 aromatic rings. The highest BCUT2D eigenvalue weighted by molar-refractivity contribution is 5.76. The molecule has 1 rings (SSSR count). The molecule has 0 spiro atoms. The monoisotopic (exact) mass is 242 g/mol. The molecule has 0 N–H and O–H groups in total. The second-order valence-corrected chi connectivity index (χ2v) is 4.48. The lowest BCUT2D eigenvalue weighted by atomic mass is 10.1. The maximum absolute atomic E-state index is 11.5. The summed E-state index contributed by atoms with van der Waals surface area (Å²) in [7, 11) is 0. The van der Waals surface area contributed by atoms with E-state index in [1.54, 1.807) is 11.8 Å². The fourth-order valence-corrected chi connectivity index (χ4v) is 2.11. The molecule has 1 heterocycles. The van der Waals surface area contributed by atoms with Crippen molar-refractivity contribution in [1.82, 2.24) is 9.80 Å². The molecule has 0 aromatic carbocycles. The molecule has 1 fully saturated rings. The minimum absolute atomic E-state index is 0.213. The molecule has 1 unspecified atom stereocenters. The van der Waals surface area contributed by atoms with Crippen molar-refractivity contribution in [3.63, 3.8) is 0 Å². The third-order valence-corrected chi connectivity index (χ3v) is 3.05. The van der Waals surface area contributed by atoms with Crippen LogP contribution in [0.25, 0.3) is 0 Å². The first-order valence-electron chi connectivity index (χ1n) is 6.19. The number of nitrogens with zero attached hydrogens (tertiary/aromatic N) is 2. The molecule has 1 amide bonds. The van der Waals surface area contributed by atoms with Crippen LogP contribution in [0.4, 0.5) is 4.79 Å². The highest BCUT2D eigenvalue weighted by atomic mass is 16.6. The van der Waals surface area contributed by atoms with E-state index in [9.17, 15) is 9.59 Å². The van der Waals surface area contributed by atoms with Crippen LogP contribution in [0.5, 0.6) is 0 Å². The Morgan fingerprint density at radius 1 is 1.24 bits per heavy atom. The molecule has 0 radical (unpaired) electrons. The van der Waals surface area contributed by atoms with Crippen LogP contribution in [0.3, 0.4) is 0 Å².